The van der Waals surface area contributed by atoms with Crippen LogP contribution in [0, 0.1) is 5.92 Å². The van der Waals surface area contributed by atoms with Crippen molar-refractivity contribution in [1.29, 1.82) is 0 Å². The van der Waals surface area contributed by atoms with Crippen LogP contribution in [0.25, 0.3) is 0 Å². The number of nitrogens with one attached hydrogen (secondary N) is 1. The predicted octanol–water partition coefficient (Wildman–Crippen LogP) is 1.57. The minimum absolute atomic E-state index is 0.0417. The highest BCUT2D eigenvalue weighted by Gasteiger charge is 2.35. The predicted molar refractivity (Wildman–Crippen MR) is 78.3 cm³/mol. The van der Waals surface area contributed by atoms with E-state index in [4.69, 9.17) is 4.74 Å². The van der Waals surface area contributed by atoms with E-state index in [-0.39, 0.29) is 17.8 Å². The van der Waals surface area contributed by atoms with Gasteiger partial charge in [0.25, 0.3) is 0 Å². The molecule has 1 N–H and O–H groups in total. The van der Waals surface area contributed by atoms with E-state index in [0.717, 1.165) is 32.2 Å². The highest BCUT2D eigenvalue weighted by atomic mass is 16.5. The van der Waals surface area contributed by atoms with Gasteiger partial charge in [-0.15, -0.1) is 0 Å². The molecule has 20 heavy (non-hydrogen) atoms. The van der Waals surface area contributed by atoms with Crippen molar-refractivity contribution in [3.63, 3.8) is 0 Å². The molecule has 1 saturated heterocycles. The van der Waals surface area contributed by atoms with E-state index < -0.39 is 6.04 Å². The minimum Gasteiger partial charge on any atom is -0.464 e. The molecule has 1 aliphatic rings. The Kier molecular flexibility index (Phi) is 7.59. The molecule has 1 amide bonds. The van der Waals surface area contributed by atoms with Gasteiger partial charge in [0, 0.05) is 25.6 Å². The van der Waals surface area contributed by atoms with Crippen molar-refractivity contribution in [2.45, 2.75) is 52.5 Å². The summed E-state index contributed by atoms with van der Waals surface area (Å²) < 4.78 is 5.09. The number of carbonyl (C=O) groups is 2. The van der Waals surface area contributed by atoms with E-state index in [2.05, 4.69) is 19.2 Å². The normalized spacial score (nSPS) is 19.2. The molecule has 0 saturated carbocycles. The summed E-state index contributed by atoms with van der Waals surface area (Å²) in [6.07, 6.45) is 3.78. The lowest BCUT2D eigenvalue weighted by atomic mass is 9.95. The Morgan fingerprint density at radius 2 is 1.90 bits per heavy atom. The summed E-state index contributed by atoms with van der Waals surface area (Å²) in [4.78, 5) is 26.4. The van der Waals surface area contributed by atoms with Crippen molar-refractivity contribution >= 4 is 11.9 Å². The van der Waals surface area contributed by atoms with Crippen LogP contribution in [0.15, 0.2) is 0 Å². The smallest absolute Gasteiger partial charge is 0.330 e. The van der Waals surface area contributed by atoms with Crippen molar-refractivity contribution in [2.24, 2.45) is 5.92 Å². The van der Waals surface area contributed by atoms with E-state index in [1.165, 1.54) is 0 Å². The van der Waals surface area contributed by atoms with Gasteiger partial charge in [-0.2, -0.15) is 0 Å². The molecule has 1 atom stereocenters. The Labute approximate surface area is 122 Å². The van der Waals surface area contributed by atoms with Crippen molar-refractivity contribution < 1.29 is 14.3 Å². The zero-order chi connectivity index (χ0) is 15.0. The maximum atomic E-state index is 12.7. The van der Waals surface area contributed by atoms with Gasteiger partial charge in [-0.1, -0.05) is 26.7 Å². The summed E-state index contributed by atoms with van der Waals surface area (Å²) in [5.41, 5.74) is 0. The van der Waals surface area contributed by atoms with Crippen LogP contribution in [-0.4, -0.2) is 49.1 Å². The molecule has 0 bridgehead atoms. The van der Waals surface area contributed by atoms with Gasteiger partial charge in [0.15, 0.2) is 0 Å². The quantitative estimate of drug-likeness (QED) is 0.721. The molecule has 1 aliphatic heterocycles. The maximum Gasteiger partial charge on any atom is 0.330 e. The molecule has 0 spiro atoms. The number of amides is 1. The second-order valence-electron chi connectivity index (χ2n) is 5.28. The summed E-state index contributed by atoms with van der Waals surface area (Å²) in [5.74, 6) is -0.131. The number of esters is 1. The molecule has 0 radical (unpaired) electrons. The summed E-state index contributed by atoms with van der Waals surface area (Å²) in [6.45, 7) is 8.16. The standard InChI is InChI=1S/C15H28N2O3/c1-4-7-12(8-5-2)14(18)17-10-9-16-11-13(17)15(19)20-6-3/h12-13,16H,4-11H2,1-3H3. The molecular weight excluding hydrogens is 256 g/mol. The van der Waals surface area contributed by atoms with Gasteiger partial charge >= 0.3 is 5.97 Å². The summed E-state index contributed by atoms with van der Waals surface area (Å²) in [5, 5.41) is 3.17. The number of carbonyl (C=O) groups excluding carboxylic acids is 2. The molecule has 0 aromatic rings. The van der Waals surface area contributed by atoms with Gasteiger partial charge in [-0.25, -0.2) is 4.79 Å². The average Bonchev–Trinajstić information content (AvgIpc) is 2.46. The van der Waals surface area contributed by atoms with Crippen LogP contribution in [0.3, 0.4) is 0 Å². The third-order valence-corrected chi connectivity index (χ3v) is 3.71. The third-order valence-electron chi connectivity index (χ3n) is 3.71. The van der Waals surface area contributed by atoms with E-state index >= 15 is 0 Å². The third kappa shape index (κ3) is 4.47. The van der Waals surface area contributed by atoms with E-state index in [0.29, 0.717) is 19.7 Å². The fourth-order valence-electron chi connectivity index (χ4n) is 2.74. The number of ether oxygens (including phenoxy) is 1. The van der Waals surface area contributed by atoms with Crippen LogP contribution in [0.4, 0.5) is 0 Å². The summed E-state index contributed by atoms with van der Waals surface area (Å²) in [6, 6.07) is -0.465. The molecular formula is C15H28N2O3. The van der Waals surface area contributed by atoms with Gasteiger partial charge in [0.05, 0.1) is 6.61 Å². The van der Waals surface area contributed by atoms with Gasteiger partial charge in [-0.3, -0.25) is 4.79 Å². The number of nitrogens with zero attached hydrogens (tertiary/aromatic N) is 1. The molecule has 5 heteroatoms. The molecule has 1 unspecified atom stereocenters. The molecule has 0 aliphatic carbocycles. The fourth-order valence-corrected chi connectivity index (χ4v) is 2.74. The van der Waals surface area contributed by atoms with Crippen LogP contribution in [0.2, 0.25) is 0 Å². The first-order valence-corrected chi connectivity index (χ1v) is 7.83. The first kappa shape index (κ1) is 17.0. The summed E-state index contributed by atoms with van der Waals surface area (Å²) in [7, 11) is 0. The first-order chi connectivity index (χ1) is 9.65. The van der Waals surface area contributed by atoms with Crippen molar-refractivity contribution in [3.8, 4) is 0 Å². The monoisotopic (exact) mass is 284 g/mol. The second-order valence-corrected chi connectivity index (χ2v) is 5.28. The molecule has 1 heterocycles. The van der Waals surface area contributed by atoms with E-state index in [1.807, 2.05) is 0 Å². The van der Waals surface area contributed by atoms with Crippen molar-refractivity contribution in [1.82, 2.24) is 10.2 Å². The largest absolute Gasteiger partial charge is 0.464 e. The van der Waals surface area contributed by atoms with Gasteiger partial charge in [-0.05, 0) is 19.8 Å². The minimum atomic E-state index is -0.465. The lowest BCUT2D eigenvalue weighted by Gasteiger charge is -2.36. The molecule has 116 valence electrons. The Bertz CT molecular complexity index is 314. The molecule has 5 nitrogen and oxygen atoms in total. The summed E-state index contributed by atoms with van der Waals surface area (Å²) >= 11 is 0. The van der Waals surface area contributed by atoms with E-state index in [1.54, 1.807) is 11.8 Å². The molecule has 1 fully saturated rings. The first-order valence-electron chi connectivity index (χ1n) is 7.83. The average molecular weight is 284 g/mol. The Balaban J connectivity index is 2.76. The number of piperazine rings is 1. The van der Waals surface area contributed by atoms with Crippen LogP contribution in [0.5, 0.6) is 0 Å². The van der Waals surface area contributed by atoms with Crippen LogP contribution in [-0.2, 0) is 14.3 Å². The van der Waals surface area contributed by atoms with Crippen molar-refractivity contribution in [3.05, 3.63) is 0 Å². The second kappa shape index (κ2) is 8.95. The Morgan fingerprint density at radius 1 is 1.25 bits per heavy atom. The van der Waals surface area contributed by atoms with Crippen LogP contribution in [0.1, 0.15) is 46.5 Å². The number of hydrogen-bond acceptors (Lipinski definition) is 4. The van der Waals surface area contributed by atoms with E-state index in [9.17, 15) is 9.59 Å². The maximum absolute atomic E-state index is 12.7. The Hall–Kier alpha value is -1.10. The highest BCUT2D eigenvalue weighted by molar-refractivity contribution is 5.86. The lowest BCUT2D eigenvalue weighted by molar-refractivity contribution is -0.157. The number of rotatable bonds is 7. The molecule has 1 rings (SSSR count). The van der Waals surface area contributed by atoms with Gasteiger partial charge in [0.1, 0.15) is 6.04 Å². The Morgan fingerprint density at radius 3 is 2.45 bits per heavy atom. The lowest BCUT2D eigenvalue weighted by Crippen LogP contribution is -2.58. The highest BCUT2D eigenvalue weighted by Crippen LogP contribution is 2.19. The van der Waals surface area contributed by atoms with Crippen LogP contribution >= 0.6 is 0 Å². The van der Waals surface area contributed by atoms with Crippen molar-refractivity contribution in [2.75, 3.05) is 26.2 Å². The molecule has 0 aromatic heterocycles. The zero-order valence-corrected chi connectivity index (χ0v) is 13.0. The van der Waals surface area contributed by atoms with Crippen LogP contribution < -0.4 is 5.32 Å². The fraction of sp³-hybridized carbons (Fsp3) is 0.867. The SMILES string of the molecule is CCCC(CCC)C(=O)N1CCNCC1C(=O)OCC. The van der Waals surface area contributed by atoms with Gasteiger partial charge in [0.2, 0.25) is 5.91 Å². The number of hydrogen-bond donors (Lipinski definition) is 1. The van der Waals surface area contributed by atoms with Gasteiger partial charge < -0.3 is 15.0 Å². The zero-order valence-electron chi connectivity index (χ0n) is 13.0. The molecule has 0 aromatic carbocycles. The topological polar surface area (TPSA) is 58.6 Å².